The summed E-state index contributed by atoms with van der Waals surface area (Å²) in [4.78, 5) is 7.02. The summed E-state index contributed by atoms with van der Waals surface area (Å²) in [6.07, 6.45) is 0. The van der Waals surface area contributed by atoms with E-state index < -0.39 is 0 Å². The number of hydrogen-bond acceptors (Lipinski definition) is 5. The van der Waals surface area contributed by atoms with Gasteiger partial charge in [-0.2, -0.15) is 0 Å². The Balaban J connectivity index is 2.29. The van der Waals surface area contributed by atoms with E-state index in [1.165, 1.54) is 0 Å². The fraction of sp³-hybridized carbons (Fsp3) is 1.00. The van der Waals surface area contributed by atoms with Crippen LogP contribution in [0.4, 0.5) is 0 Å². The Morgan fingerprint density at radius 3 is 1.22 bits per heavy atom. The molecule has 5 nitrogen and oxygen atoms in total. The molecule has 18 heavy (non-hydrogen) atoms. The standard InChI is InChI=1S/C13H29N3O2/c1-14-4-6-15(2)8-10-17-12-13-18-11-9-16(3)7-5-14/h4-13H2,1-3H3. The fourth-order valence-electron chi connectivity index (χ4n) is 1.78. The summed E-state index contributed by atoms with van der Waals surface area (Å²) in [6.45, 7) is 9.41. The molecule has 0 aromatic heterocycles. The molecule has 0 bridgehead atoms. The lowest BCUT2D eigenvalue weighted by Crippen LogP contribution is -2.37. The third-order valence-electron chi connectivity index (χ3n) is 3.33. The topological polar surface area (TPSA) is 28.2 Å². The smallest absolute Gasteiger partial charge is 0.0701 e. The molecule has 0 atom stereocenters. The van der Waals surface area contributed by atoms with E-state index in [0.29, 0.717) is 13.2 Å². The van der Waals surface area contributed by atoms with Gasteiger partial charge in [0.25, 0.3) is 0 Å². The van der Waals surface area contributed by atoms with Gasteiger partial charge in [-0.1, -0.05) is 0 Å². The van der Waals surface area contributed by atoms with Crippen LogP contribution in [-0.2, 0) is 9.47 Å². The number of likely N-dealkylation sites (N-methyl/N-ethyl adjacent to an activating group) is 3. The van der Waals surface area contributed by atoms with Gasteiger partial charge in [0.1, 0.15) is 0 Å². The van der Waals surface area contributed by atoms with E-state index in [1.807, 2.05) is 0 Å². The van der Waals surface area contributed by atoms with Gasteiger partial charge in [0.05, 0.1) is 26.4 Å². The van der Waals surface area contributed by atoms with Crippen molar-refractivity contribution in [3.8, 4) is 0 Å². The Morgan fingerprint density at radius 1 is 0.500 bits per heavy atom. The van der Waals surface area contributed by atoms with Crippen molar-refractivity contribution in [2.24, 2.45) is 0 Å². The highest BCUT2D eigenvalue weighted by atomic mass is 16.5. The second-order valence-electron chi connectivity index (χ2n) is 5.13. The van der Waals surface area contributed by atoms with Crippen LogP contribution in [-0.4, -0.2) is 102 Å². The van der Waals surface area contributed by atoms with E-state index in [2.05, 4.69) is 35.8 Å². The van der Waals surface area contributed by atoms with Crippen molar-refractivity contribution in [1.29, 1.82) is 0 Å². The molecule has 0 amide bonds. The minimum atomic E-state index is 0.706. The Kier molecular flexibility index (Phi) is 8.54. The molecule has 0 aliphatic carbocycles. The highest BCUT2D eigenvalue weighted by molar-refractivity contribution is 4.60. The summed E-state index contributed by atoms with van der Waals surface area (Å²) in [5, 5.41) is 0. The SMILES string of the molecule is CN1CCOCCOCCN(C)CCN(C)CC1. The molecule has 1 heterocycles. The van der Waals surface area contributed by atoms with E-state index in [9.17, 15) is 0 Å². The second kappa shape index (κ2) is 9.69. The molecule has 1 fully saturated rings. The first kappa shape index (κ1) is 15.9. The first-order valence-electron chi connectivity index (χ1n) is 6.89. The normalized spacial score (nSPS) is 25.5. The zero-order valence-electron chi connectivity index (χ0n) is 12.2. The molecule has 0 aromatic rings. The molecule has 5 heteroatoms. The number of rotatable bonds is 0. The van der Waals surface area contributed by atoms with Gasteiger partial charge < -0.3 is 24.2 Å². The lowest BCUT2D eigenvalue weighted by atomic mass is 10.4. The highest BCUT2D eigenvalue weighted by Gasteiger charge is 2.05. The van der Waals surface area contributed by atoms with Crippen molar-refractivity contribution in [3.05, 3.63) is 0 Å². The minimum Gasteiger partial charge on any atom is -0.378 e. The van der Waals surface area contributed by atoms with Gasteiger partial charge in [-0.25, -0.2) is 0 Å². The quantitative estimate of drug-likeness (QED) is 0.602. The van der Waals surface area contributed by atoms with Crippen LogP contribution >= 0.6 is 0 Å². The van der Waals surface area contributed by atoms with Crippen molar-refractivity contribution in [1.82, 2.24) is 14.7 Å². The number of nitrogens with zero attached hydrogens (tertiary/aromatic N) is 3. The molecule has 0 N–H and O–H groups in total. The van der Waals surface area contributed by atoms with Crippen molar-refractivity contribution in [2.45, 2.75) is 0 Å². The Hall–Kier alpha value is -0.200. The Morgan fingerprint density at radius 2 is 0.833 bits per heavy atom. The van der Waals surface area contributed by atoms with Crippen molar-refractivity contribution in [2.75, 3.05) is 86.8 Å². The van der Waals surface area contributed by atoms with Crippen molar-refractivity contribution < 1.29 is 9.47 Å². The molecule has 0 spiro atoms. The van der Waals surface area contributed by atoms with Crippen molar-refractivity contribution >= 4 is 0 Å². The molecule has 1 aliphatic heterocycles. The third kappa shape index (κ3) is 8.00. The summed E-state index contributed by atoms with van der Waals surface area (Å²) in [5.74, 6) is 0. The van der Waals surface area contributed by atoms with E-state index in [1.54, 1.807) is 0 Å². The van der Waals surface area contributed by atoms with Crippen LogP contribution in [0.3, 0.4) is 0 Å². The lowest BCUT2D eigenvalue weighted by molar-refractivity contribution is 0.0360. The van der Waals surface area contributed by atoms with Gasteiger partial charge >= 0.3 is 0 Å². The molecular formula is C13H29N3O2. The molecule has 1 saturated heterocycles. The van der Waals surface area contributed by atoms with Crippen LogP contribution in [0.25, 0.3) is 0 Å². The maximum atomic E-state index is 5.54. The summed E-state index contributed by atoms with van der Waals surface area (Å²) in [7, 11) is 6.49. The van der Waals surface area contributed by atoms with Gasteiger partial charge in [-0.15, -0.1) is 0 Å². The lowest BCUT2D eigenvalue weighted by Gasteiger charge is -2.24. The third-order valence-corrected chi connectivity index (χ3v) is 3.33. The molecule has 1 aliphatic rings. The largest absolute Gasteiger partial charge is 0.378 e. The predicted molar refractivity (Wildman–Crippen MR) is 74.1 cm³/mol. The Bertz CT molecular complexity index is 185. The van der Waals surface area contributed by atoms with E-state index in [4.69, 9.17) is 9.47 Å². The van der Waals surface area contributed by atoms with Gasteiger partial charge in [0.2, 0.25) is 0 Å². The maximum Gasteiger partial charge on any atom is 0.0701 e. The van der Waals surface area contributed by atoms with Crippen LogP contribution in [0.1, 0.15) is 0 Å². The molecule has 0 radical (unpaired) electrons. The zero-order valence-corrected chi connectivity index (χ0v) is 12.2. The molecule has 0 saturated carbocycles. The van der Waals surface area contributed by atoms with Gasteiger partial charge in [0, 0.05) is 39.3 Å². The minimum absolute atomic E-state index is 0.706. The van der Waals surface area contributed by atoms with Crippen LogP contribution in [0.5, 0.6) is 0 Å². The fourth-order valence-corrected chi connectivity index (χ4v) is 1.78. The van der Waals surface area contributed by atoms with Crippen LogP contribution in [0.2, 0.25) is 0 Å². The van der Waals surface area contributed by atoms with E-state index in [0.717, 1.165) is 52.5 Å². The first-order chi connectivity index (χ1) is 8.68. The average Bonchev–Trinajstić information content (AvgIpc) is 2.36. The van der Waals surface area contributed by atoms with Gasteiger partial charge in [-0.3, -0.25) is 0 Å². The monoisotopic (exact) mass is 259 g/mol. The highest BCUT2D eigenvalue weighted by Crippen LogP contribution is 1.91. The first-order valence-corrected chi connectivity index (χ1v) is 6.89. The molecule has 1 rings (SSSR count). The summed E-state index contributed by atoms with van der Waals surface area (Å²) >= 11 is 0. The predicted octanol–water partition coefficient (Wildman–Crippen LogP) is -0.171. The average molecular weight is 259 g/mol. The van der Waals surface area contributed by atoms with Crippen LogP contribution < -0.4 is 0 Å². The summed E-state index contributed by atoms with van der Waals surface area (Å²) < 4.78 is 11.1. The second-order valence-corrected chi connectivity index (χ2v) is 5.13. The van der Waals surface area contributed by atoms with Gasteiger partial charge in [0.15, 0.2) is 0 Å². The van der Waals surface area contributed by atoms with Crippen LogP contribution in [0.15, 0.2) is 0 Å². The summed E-state index contributed by atoms with van der Waals surface area (Å²) in [6, 6.07) is 0. The number of ether oxygens (including phenoxy) is 2. The van der Waals surface area contributed by atoms with E-state index in [-0.39, 0.29) is 0 Å². The van der Waals surface area contributed by atoms with Crippen molar-refractivity contribution in [3.63, 3.8) is 0 Å². The molecular weight excluding hydrogens is 230 g/mol. The number of hydrogen-bond donors (Lipinski definition) is 0. The molecule has 0 unspecified atom stereocenters. The molecule has 0 aromatic carbocycles. The van der Waals surface area contributed by atoms with Crippen LogP contribution in [0, 0.1) is 0 Å². The molecule has 108 valence electrons. The van der Waals surface area contributed by atoms with Gasteiger partial charge in [-0.05, 0) is 21.1 Å². The summed E-state index contributed by atoms with van der Waals surface area (Å²) in [5.41, 5.74) is 0. The van der Waals surface area contributed by atoms with E-state index >= 15 is 0 Å². The Labute approximate surface area is 112 Å². The maximum absolute atomic E-state index is 5.54. The zero-order chi connectivity index (χ0) is 13.2.